The molecular formula is C21H16F3N5O. The number of para-hydroxylation sites is 1. The van der Waals surface area contributed by atoms with E-state index < -0.39 is 17.8 Å². The number of urea groups is 1. The molecule has 0 unspecified atom stereocenters. The van der Waals surface area contributed by atoms with E-state index in [4.69, 9.17) is 0 Å². The topological polar surface area (TPSA) is 71.3 Å². The summed E-state index contributed by atoms with van der Waals surface area (Å²) in [6.07, 6.45) is 0.683. The summed E-state index contributed by atoms with van der Waals surface area (Å²) in [5, 5.41) is 4.89. The van der Waals surface area contributed by atoms with Gasteiger partial charge in [0, 0.05) is 29.8 Å². The number of halogens is 3. The van der Waals surface area contributed by atoms with Gasteiger partial charge in [0.1, 0.15) is 0 Å². The molecule has 0 fully saturated rings. The van der Waals surface area contributed by atoms with Crippen molar-refractivity contribution in [1.82, 2.24) is 14.4 Å². The van der Waals surface area contributed by atoms with Crippen LogP contribution >= 0.6 is 0 Å². The fraction of sp³-hybridized carbons (Fsp3) is 0.0952. The maximum Gasteiger partial charge on any atom is 0.418 e. The number of hydrogen-bond acceptors (Lipinski definition) is 3. The van der Waals surface area contributed by atoms with Crippen molar-refractivity contribution < 1.29 is 18.0 Å². The number of aryl methyl sites for hydroxylation is 1. The lowest BCUT2D eigenvalue weighted by Gasteiger charge is -2.15. The van der Waals surface area contributed by atoms with Crippen LogP contribution in [-0.4, -0.2) is 20.4 Å². The first-order valence-corrected chi connectivity index (χ1v) is 8.96. The number of carbonyl (C=O) groups is 1. The molecule has 2 heterocycles. The van der Waals surface area contributed by atoms with Gasteiger partial charge in [0.25, 0.3) is 0 Å². The van der Waals surface area contributed by atoms with Crippen molar-refractivity contribution >= 4 is 23.2 Å². The van der Waals surface area contributed by atoms with E-state index in [2.05, 4.69) is 20.6 Å². The van der Waals surface area contributed by atoms with Crippen LogP contribution in [0.4, 0.5) is 29.3 Å². The predicted molar refractivity (Wildman–Crippen MR) is 107 cm³/mol. The molecule has 0 aliphatic carbocycles. The molecule has 152 valence electrons. The Morgan fingerprint density at radius 1 is 1.03 bits per heavy atom. The second-order valence-corrected chi connectivity index (χ2v) is 6.61. The van der Waals surface area contributed by atoms with Crippen molar-refractivity contribution in [2.75, 3.05) is 10.6 Å². The predicted octanol–water partition coefficient (Wildman–Crippen LogP) is 5.37. The van der Waals surface area contributed by atoms with E-state index in [1.165, 1.54) is 18.2 Å². The molecular weight excluding hydrogens is 395 g/mol. The second kappa shape index (κ2) is 7.51. The van der Waals surface area contributed by atoms with Crippen molar-refractivity contribution in [3.05, 3.63) is 78.2 Å². The molecule has 0 atom stereocenters. The highest BCUT2D eigenvalue weighted by Gasteiger charge is 2.33. The molecule has 6 nitrogen and oxygen atoms in total. The van der Waals surface area contributed by atoms with Crippen LogP contribution in [0.2, 0.25) is 0 Å². The van der Waals surface area contributed by atoms with Gasteiger partial charge in [-0.2, -0.15) is 13.2 Å². The third-order valence-corrected chi connectivity index (χ3v) is 4.50. The van der Waals surface area contributed by atoms with E-state index >= 15 is 0 Å². The van der Waals surface area contributed by atoms with Gasteiger partial charge in [-0.1, -0.05) is 24.3 Å². The van der Waals surface area contributed by atoms with Gasteiger partial charge in [-0.05, 0) is 36.8 Å². The van der Waals surface area contributed by atoms with E-state index in [0.717, 1.165) is 17.2 Å². The molecule has 4 aromatic rings. The Bertz CT molecular complexity index is 1200. The molecule has 0 aliphatic rings. The van der Waals surface area contributed by atoms with Crippen LogP contribution in [0, 0.1) is 6.92 Å². The Balaban J connectivity index is 1.58. The summed E-state index contributed by atoms with van der Waals surface area (Å²) in [5.74, 6) is 0.532. The first-order valence-electron chi connectivity index (χ1n) is 8.96. The van der Waals surface area contributed by atoms with Crippen molar-refractivity contribution in [2.45, 2.75) is 13.1 Å². The van der Waals surface area contributed by atoms with E-state index in [0.29, 0.717) is 17.2 Å². The highest BCUT2D eigenvalue weighted by molar-refractivity contribution is 6.01. The minimum Gasteiger partial charge on any atom is -0.307 e. The summed E-state index contributed by atoms with van der Waals surface area (Å²) in [4.78, 5) is 21.0. The van der Waals surface area contributed by atoms with Crippen LogP contribution in [0.1, 0.15) is 11.1 Å². The van der Waals surface area contributed by atoms with Gasteiger partial charge in [-0.25, -0.2) is 14.8 Å². The normalized spacial score (nSPS) is 11.5. The van der Waals surface area contributed by atoms with Gasteiger partial charge in [-0.3, -0.25) is 4.40 Å². The first-order chi connectivity index (χ1) is 14.3. The summed E-state index contributed by atoms with van der Waals surface area (Å²) in [6.45, 7) is 1.79. The molecule has 2 aromatic heterocycles. The Labute approximate surface area is 169 Å². The van der Waals surface area contributed by atoms with E-state index in [9.17, 15) is 18.0 Å². The minimum atomic E-state index is -4.57. The number of carbonyl (C=O) groups excluding carboxylic acids is 1. The van der Waals surface area contributed by atoms with E-state index in [1.54, 1.807) is 41.9 Å². The number of anilines is 2. The lowest BCUT2D eigenvalue weighted by Crippen LogP contribution is -2.22. The highest BCUT2D eigenvalue weighted by Crippen LogP contribution is 2.34. The molecule has 2 N–H and O–H groups in total. The first kappa shape index (κ1) is 19.4. The quantitative estimate of drug-likeness (QED) is 0.476. The summed E-state index contributed by atoms with van der Waals surface area (Å²) in [7, 11) is 0. The number of alkyl halides is 3. The largest absolute Gasteiger partial charge is 0.418 e. The van der Waals surface area contributed by atoms with Gasteiger partial charge in [0.2, 0.25) is 5.78 Å². The number of fused-ring (bicyclic) bond motifs is 1. The Kier molecular flexibility index (Phi) is 4.86. The number of amides is 2. The molecule has 0 aliphatic heterocycles. The number of nitrogens with one attached hydrogen (secondary N) is 2. The fourth-order valence-electron chi connectivity index (χ4n) is 3.00. The zero-order chi connectivity index (χ0) is 21.3. The smallest absolute Gasteiger partial charge is 0.307 e. The third kappa shape index (κ3) is 3.95. The van der Waals surface area contributed by atoms with Gasteiger partial charge in [0.05, 0.1) is 16.9 Å². The fourth-order valence-corrected chi connectivity index (χ4v) is 3.00. The molecule has 0 bridgehead atoms. The number of nitrogens with zero attached hydrogens (tertiary/aromatic N) is 3. The van der Waals surface area contributed by atoms with E-state index in [-0.39, 0.29) is 5.69 Å². The van der Waals surface area contributed by atoms with Crippen molar-refractivity contribution in [3.63, 3.8) is 0 Å². The van der Waals surface area contributed by atoms with Crippen molar-refractivity contribution in [2.24, 2.45) is 0 Å². The van der Waals surface area contributed by atoms with Crippen LogP contribution in [0.3, 0.4) is 0 Å². The Hall–Kier alpha value is -3.88. The average Bonchev–Trinajstić information content (AvgIpc) is 3.13. The van der Waals surface area contributed by atoms with Crippen molar-refractivity contribution in [3.8, 4) is 11.3 Å². The molecule has 0 radical (unpaired) electrons. The molecule has 30 heavy (non-hydrogen) atoms. The average molecular weight is 411 g/mol. The number of imidazole rings is 1. The number of hydrogen-bond donors (Lipinski definition) is 2. The van der Waals surface area contributed by atoms with Crippen LogP contribution in [0.25, 0.3) is 17.0 Å². The van der Waals surface area contributed by atoms with Crippen molar-refractivity contribution in [1.29, 1.82) is 0 Å². The van der Waals surface area contributed by atoms with Crippen LogP contribution in [0.5, 0.6) is 0 Å². The lowest BCUT2D eigenvalue weighted by molar-refractivity contribution is -0.136. The molecule has 4 rings (SSSR count). The van der Waals surface area contributed by atoms with Gasteiger partial charge >= 0.3 is 12.2 Å². The van der Waals surface area contributed by atoms with Crippen LogP contribution in [0.15, 0.2) is 67.1 Å². The summed E-state index contributed by atoms with van der Waals surface area (Å²) in [5.41, 5.74) is 1.36. The molecule has 9 heteroatoms. The minimum absolute atomic E-state index is 0.317. The monoisotopic (exact) mass is 411 g/mol. The van der Waals surface area contributed by atoms with Gasteiger partial charge in [-0.15, -0.1) is 0 Å². The standard InChI is InChI=1S/C21H16F3N5O/c1-13-7-8-14(18-12-29-10-4-9-25-19(29)26-18)11-17(13)28-20(30)27-16-6-3-2-5-15(16)21(22,23)24/h2-12H,1H3,(H2,27,28,30). The van der Waals surface area contributed by atoms with Gasteiger partial charge in [0.15, 0.2) is 0 Å². The maximum atomic E-state index is 13.1. The van der Waals surface area contributed by atoms with Gasteiger partial charge < -0.3 is 10.6 Å². The number of aromatic nitrogens is 3. The summed E-state index contributed by atoms with van der Waals surface area (Å²) >= 11 is 0. The Morgan fingerprint density at radius 2 is 1.80 bits per heavy atom. The third-order valence-electron chi connectivity index (χ3n) is 4.50. The summed E-state index contributed by atoms with van der Waals surface area (Å²) < 4.78 is 41.2. The Morgan fingerprint density at radius 3 is 2.57 bits per heavy atom. The number of rotatable bonds is 3. The lowest BCUT2D eigenvalue weighted by atomic mass is 10.1. The highest BCUT2D eigenvalue weighted by atomic mass is 19.4. The van der Waals surface area contributed by atoms with E-state index in [1.807, 2.05) is 12.3 Å². The van der Waals surface area contributed by atoms with Crippen LogP contribution < -0.4 is 10.6 Å². The van der Waals surface area contributed by atoms with Crippen LogP contribution in [-0.2, 0) is 6.18 Å². The molecule has 2 amide bonds. The second-order valence-electron chi connectivity index (χ2n) is 6.61. The molecule has 0 spiro atoms. The zero-order valence-electron chi connectivity index (χ0n) is 15.7. The zero-order valence-corrected chi connectivity index (χ0v) is 15.7. The molecule has 2 aromatic carbocycles. The summed E-state index contributed by atoms with van der Waals surface area (Å²) in [6, 6.07) is 11.2. The maximum absolute atomic E-state index is 13.1. The SMILES string of the molecule is Cc1ccc(-c2cn3cccnc3n2)cc1NC(=O)Nc1ccccc1C(F)(F)F. The number of benzene rings is 2. The molecule has 0 saturated carbocycles. The molecule has 0 saturated heterocycles.